The van der Waals surface area contributed by atoms with Crippen molar-refractivity contribution in [1.82, 2.24) is 24.6 Å². The number of carbonyl (C=O) groups excluding carboxylic acids is 1. The van der Waals surface area contributed by atoms with E-state index in [4.69, 9.17) is 4.74 Å². The van der Waals surface area contributed by atoms with E-state index in [-0.39, 0.29) is 35.4 Å². The third-order valence-corrected chi connectivity index (χ3v) is 4.95. The number of hydrogen-bond acceptors (Lipinski definition) is 9. The van der Waals surface area contributed by atoms with Crippen LogP contribution in [0.4, 0.5) is 38.5 Å². The van der Waals surface area contributed by atoms with Gasteiger partial charge >= 0.3 is 6.18 Å². The lowest BCUT2D eigenvalue weighted by Crippen LogP contribution is -2.26. The van der Waals surface area contributed by atoms with Gasteiger partial charge in [-0.15, -0.1) is 0 Å². The lowest BCUT2D eigenvalue weighted by molar-refractivity contribution is -0.141. The average Bonchev–Trinajstić information content (AvgIpc) is 3.14. The molecule has 3 rings (SSSR count). The molecular formula is C19H18F5N7O2S. The Morgan fingerprint density at radius 3 is 2.56 bits per heavy atom. The van der Waals surface area contributed by atoms with E-state index in [0.717, 1.165) is 17.7 Å². The van der Waals surface area contributed by atoms with Crippen LogP contribution in [-0.2, 0) is 6.18 Å². The van der Waals surface area contributed by atoms with Gasteiger partial charge in [0, 0.05) is 12.6 Å². The van der Waals surface area contributed by atoms with Gasteiger partial charge in [-0.2, -0.15) is 17.5 Å². The van der Waals surface area contributed by atoms with Crippen LogP contribution >= 0.6 is 11.5 Å². The zero-order valence-electron chi connectivity index (χ0n) is 17.5. The molecule has 0 aliphatic carbocycles. The SMILES string of the molecule is Cc1nsc(Nc2cnc(C(F)(F)F)cn2)c1C(=O)Nc1ccc(OCCNCC(F)F)nc1. The number of hydrogen-bond donors (Lipinski definition) is 3. The fraction of sp³-hybridized carbons (Fsp3) is 0.316. The van der Waals surface area contributed by atoms with Crippen molar-refractivity contribution in [3.05, 3.63) is 47.7 Å². The minimum absolute atomic E-state index is 0.0110. The van der Waals surface area contributed by atoms with Crippen molar-refractivity contribution in [2.24, 2.45) is 0 Å². The molecule has 0 aliphatic heterocycles. The molecule has 182 valence electrons. The van der Waals surface area contributed by atoms with Gasteiger partial charge in [-0.1, -0.05) is 0 Å². The number of nitrogens with one attached hydrogen (secondary N) is 3. The summed E-state index contributed by atoms with van der Waals surface area (Å²) in [6, 6.07) is 3.04. The first-order valence-corrected chi connectivity index (χ1v) is 10.4. The lowest BCUT2D eigenvalue weighted by atomic mass is 10.2. The molecule has 15 heteroatoms. The third kappa shape index (κ3) is 7.02. The first-order valence-electron chi connectivity index (χ1n) is 9.65. The van der Waals surface area contributed by atoms with Crippen LogP contribution < -0.4 is 20.7 Å². The van der Waals surface area contributed by atoms with Gasteiger partial charge in [-0.05, 0) is 24.5 Å². The highest BCUT2D eigenvalue weighted by Gasteiger charge is 2.32. The second-order valence-corrected chi connectivity index (χ2v) is 7.44. The third-order valence-electron chi connectivity index (χ3n) is 4.10. The largest absolute Gasteiger partial charge is 0.476 e. The highest BCUT2D eigenvalue weighted by molar-refractivity contribution is 7.10. The van der Waals surface area contributed by atoms with Gasteiger partial charge in [-0.3, -0.25) is 4.79 Å². The van der Waals surface area contributed by atoms with Crippen LogP contribution in [0.25, 0.3) is 0 Å². The second-order valence-electron chi connectivity index (χ2n) is 6.66. The van der Waals surface area contributed by atoms with Crippen LogP contribution in [0.1, 0.15) is 21.7 Å². The molecule has 3 heterocycles. The van der Waals surface area contributed by atoms with E-state index in [0.29, 0.717) is 17.6 Å². The van der Waals surface area contributed by atoms with Crippen LogP contribution in [0.2, 0.25) is 0 Å². The molecule has 0 saturated heterocycles. The summed E-state index contributed by atoms with van der Waals surface area (Å²) in [6.45, 7) is 1.52. The number of alkyl halides is 5. The summed E-state index contributed by atoms with van der Waals surface area (Å²) in [6.07, 6.45) is -4.21. The fourth-order valence-corrected chi connectivity index (χ4v) is 3.35. The zero-order chi connectivity index (χ0) is 24.7. The number of rotatable bonds is 10. The Bertz CT molecular complexity index is 1090. The average molecular weight is 503 g/mol. The Morgan fingerprint density at radius 2 is 1.94 bits per heavy atom. The number of carbonyl (C=O) groups is 1. The first-order chi connectivity index (χ1) is 16.1. The van der Waals surface area contributed by atoms with E-state index in [2.05, 4.69) is 35.3 Å². The summed E-state index contributed by atoms with van der Waals surface area (Å²) in [5.74, 6) is -0.273. The number of halogens is 5. The van der Waals surface area contributed by atoms with Crippen molar-refractivity contribution in [2.45, 2.75) is 19.5 Å². The molecule has 0 radical (unpaired) electrons. The van der Waals surface area contributed by atoms with Gasteiger partial charge < -0.3 is 20.7 Å². The van der Waals surface area contributed by atoms with E-state index in [1.807, 2.05) is 0 Å². The number of anilines is 3. The van der Waals surface area contributed by atoms with Crippen molar-refractivity contribution in [2.75, 3.05) is 30.3 Å². The molecular weight excluding hydrogens is 485 g/mol. The van der Waals surface area contributed by atoms with Gasteiger partial charge in [0.2, 0.25) is 5.88 Å². The van der Waals surface area contributed by atoms with E-state index in [1.54, 1.807) is 6.92 Å². The maximum absolute atomic E-state index is 12.8. The lowest BCUT2D eigenvalue weighted by Gasteiger charge is -2.10. The first kappa shape index (κ1) is 25.2. The highest BCUT2D eigenvalue weighted by atomic mass is 32.1. The summed E-state index contributed by atoms with van der Waals surface area (Å²) in [5.41, 5.74) is -0.217. The van der Waals surface area contributed by atoms with Crippen LogP contribution in [0.15, 0.2) is 30.7 Å². The number of ether oxygens (including phenoxy) is 1. The molecule has 0 spiro atoms. The van der Waals surface area contributed by atoms with Crippen LogP contribution in [0.3, 0.4) is 0 Å². The molecule has 3 N–H and O–H groups in total. The number of nitrogens with zero attached hydrogens (tertiary/aromatic N) is 4. The minimum Gasteiger partial charge on any atom is -0.476 e. The number of pyridine rings is 1. The van der Waals surface area contributed by atoms with Crippen molar-refractivity contribution in [1.29, 1.82) is 0 Å². The molecule has 0 aliphatic rings. The molecule has 0 saturated carbocycles. The summed E-state index contributed by atoms with van der Waals surface area (Å²) in [7, 11) is 0. The predicted molar refractivity (Wildman–Crippen MR) is 114 cm³/mol. The molecule has 3 aromatic rings. The van der Waals surface area contributed by atoms with Gasteiger partial charge in [0.05, 0.1) is 42.1 Å². The molecule has 9 nitrogen and oxygen atoms in total. The molecule has 0 aromatic carbocycles. The van der Waals surface area contributed by atoms with Crippen LogP contribution in [0, 0.1) is 6.92 Å². The summed E-state index contributed by atoms with van der Waals surface area (Å²) in [4.78, 5) is 23.8. The van der Waals surface area contributed by atoms with Crippen molar-refractivity contribution in [3.63, 3.8) is 0 Å². The standard InChI is InChI=1S/C19H18F5N7O2S/c1-10-16(18(34-31-10)30-14-9-26-12(7-27-14)19(22,23)24)17(32)29-11-2-3-15(28-6-11)33-5-4-25-8-13(20)21/h2-3,6-7,9,13,25H,4-5,8H2,1H3,(H,27,30)(H,29,32). The van der Waals surface area contributed by atoms with Crippen molar-refractivity contribution < 1.29 is 31.5 Å². The number of aryl methyl sites for hydroxylation is 1. The number of aromatic nitrogens is 4. The highest BCUT2D eigenvalue weighted by Crippen LogP contribution is 2.30. The molecule has 1 amide bonds. The number of amides is 1. The maximum Gasteiger partial charge on any atom is 0.434 e. The monoisotopic (exact) mass is 503 g/mol. The van der Waals surface area contributed by atoms with E-state index in [9.17, 15) is 26.7 Å². The van der Waals surface area contributed by atoms with Gasteiger partial charge in [0.25, 0.3) is 12.3 Å². The Kier molecular flexibility index (Phi) is 8.22. The molecule has 3 aromatic heterocycles. The predicted octanol–water partition coefficient (Wildman–Crippen LogP) is 3.88. The second kappa shape index (κ2) is 11.1. The van der Waals surface area contributed by atoms with Crippen molar-refractivity contribution in [3.8, 4) is 5.88 Å². The molecule has 0 atom stereocenters. The quantitative estimate of drug-likeness (QED) is 0.282. The van der Waals surface area contributed by atoms with Crippen molar-refractivity contribution >= 4 is 33.9 Å². The Labute approximate surface area is 194 Å². The molecule has 0 unspecified atom stereocenters. The van der Waals surface area contributed by atoms with Gasteiger partial charge in [0.15, 0.2) is 5.69 Å². The summed E-state index contributed by atoms with van der Waals surface area (Å²) >= 11 is 0.936. The molecule has 0 bridgehead atoms. The molecule has 0 fully saturated rings. The van der Waals surface area contributed by atoms with E-state index >= 15 is 0 Å². The van der Waals surface area contributed by atoms with Gasteiger partial charge in [0.1, 0.15) is 17.4 Å². The topological polar surface area (TPSA) is 114 Å². The van der Waals surface area contributed by atoms with E-state index in [1.165, 1.54) is 18.3 Å². The fourth-order valence-electron chi connectivity index (χ4n) is 2.55. The van der Waals surface area contributed by atoms with E-state index < -0.39 is 30.7 Å². The Balaban J connectivity index is 1.60. The normalized spacial score (nSPS) is 11.5. The van der Waals surface area contributed by atoms with Gasteiger partial charge in [-0.25, -0.2) is 23.7 Å². The minimum atomic E-state index is -4.61. The maximum atomic E-state index is 12.8. The van der Waals surface area contributed by atoms with Crippen LogP contribution in [-0.4, -0.2) is 51.4 Å². The smallest absolute Gasteiger partial charge is 0.434 e. The van der Waals surface area contributed by atoms with Crippen LogP contribution in [0.5, 0.6) is 5.88 Å². The Morgan fingerprint density at radius 1 is 1.15 bits per heavy atom. The molecule has 34 heavy (non-hydrogen) atoms. The summed E-state index contributed by atoms with van der Waals surface area (Å²) < 4.78 is 71.5. The summed E-state index contributed by atoms with van der Waals surface area (Å²) in [5, 5.41) is 8.19. The Hall–Kier alpha value is -3.46. The zero-order valence-corrected chi connectivity index (χ0v) is 18.3.